The molecule has 0 aromatic carbocycles. The molecule has 0 aliphatic rings. The first-order valence-electron chi connectivity index (χ1n) is 5.40. The van der Waals surface area contributed by atoms with Crippen LogP contribution in [0.3, 0.4) is 0 Å². The van der Waals surface area contributed by atoms with Crippen LogP contribution in [-0.2, 0) is 9.53 Å². The highest BCUT2D eigenvalue weighted by Gasteiger charge is 2.29. The number of H-pyrrole nitrogens is 1. The average molecular weight is 266 g/mol. The first-order chi connectivity index (χ1) is 8.54. The van der Waals surface area contributed by atoms with Crippen molar-refractivity contribution in [3.63, 3.8) is 0 Å². The molecule has 2 aromatic heterocycles. The van der Waals surface area contributed by atoms with Crippen LogP contribution in [0.15, 0.2) is 17.7 Å². The molecule has 6 nitrogen and oxygen atoms in total. The molecule has 18 heavy (non-hydrogen) atoms. The summed E-state index contributed by atoms with van der Waals surface area (Å²) >= 11 is 1.48. The molecule has 0 spiro atoms. The zero-order valence-corrected chi connectivity index (χ0v) is 11.2. The number of fused-ring (bicyclic) bond motifs is 1. The van der Waals surface area contributed by atoms with Crippen LogP contribution in [0.5, 0.6) is 0 Å². The quantitative estimate of drug-likeness (QED) is 0.515. The highest BCUT2D eigenvalue weighted by atomic mass is 32.2. The molecule has 2 heterocycles. The van der Waals surface area contributed by atoms with Crippen LogP contribution >= 0.6 is 11.8 Å². The Hall–Kier alpha value is -1.63. The number of thioether (sulfide) groups is 1. The van der Waals surface area contributed by atoms with Gasteiger partial charge in [-0.25, -0.2) is 15.0 Å². The number of rotatable bonds is 4. The van der Waals surface area contributed by atoms with Gasteiger partial charge < -0.3 is 9.72 Å². The number of carbonyl (C=O) groups excluding carboxylic acids is 1. The molecule has 0 aliphatic carbocycles. The molecule has 7 heteroatoms. The topological polar surface area (TPSA) is 80.8 Å². The van der Waals surface area contributed by atoms with E-state index in [1.54, 1.807) is 6.33 Å². The fourth-order valence-corrected chi connectivity index (χ4v) is 2.47. The summed E-state index contributed by atoms with van der Waals surface area (Å²) in [6, 6.07) is 0. The molecule has 1 N–H and O–H groups in total. The van der Waals surface area contributed by atoms with Crippen molar-refractivity contribution in [3.05, 3.63) is 12.7 Å². The number of aromatic amines is 1. The number of aromatic nitrogens is 4. The standard InChI is InChI=1S/C11H14N4O2S/c1-11(2,10(16)17-3)4-18-9-7-8(13-5-12-7)14-6-15-9/h5-6H,4H2,1-3H3,(H,12,13,14,15). The molecular formula is C11H14N4O2S. The van der Waals surface area contributed by atoms with E-state index in [-0.39, 0.29) is 5.97 Å². The predicted molar refractivity (Wildman–Crippen MR) is 68.2 cm³/mol. The summed E-state index contributed by atoms with van der Waals surface area (Å²) in [5.41, 5.74) is 0.864. The lowest BCUT2D eigenvalue weighted by atomic mass is 9.97. The van der Waals surface area contributed by atoms with Gasteiger partial charge in [-0.1, -0.05) is 0 Å². The molecule has 0 radical (unpaired) electrons. The minimum absolute atomic E-state index is 0.232. The second kappa shape index (κ2) is 4.93. The molecule has 2 rings (SSSR count). The Labute approximate surface area is 109 Å². The number of nitrogens with one attached hydrogen (secondary N) is 1. The van der Waals surface area contributed by atoms with Gasteiger partial charge in [-0.3, -0.25) is 4.79 Å². The highest BCUT2D eigenvalue weighted by Crippen LogP contribution is 2.29. The number of ether oxygens (including phenoxy) is 1. The van der Waals surface area contributed by atoms with Crippen LogP contribution in [0.2, 0.25) is 0 Å². The van der Waals surface area contributed by atoms with Gasteiger partial charge in [0.05, 0.1) is 18.9 Å². The Bertz CT molecular complexity index is 567. The van der Waals surface area contributed by atoms with E-state index in [9.17, 15) is 4.79 Å². The van der Waals surface area contributed by atoms with Crippen molar-refractivity contribution < 1.29 is 9.53 Å². The highest BCUT2D eigenvalue weighted by molar-refractivity contribution is 7.99. The number of methoxy groups -OCH3 is 1. The van der Waals surface area contributed by atoms with E-state index in [0.717, 1.165) is 10.5 Å². The van der Waals surface area contributed by atoms with Crippen LogP contribution in [0, 0.1) is 5.41 Å². The van der Waals surface area contributed by atoms with Gasteiger partial charge in [-0.2, -0.15) is 0 Å². The molecular weight excluding hydrogens is 252 g/mol. The summed E-state index contributed by atoms with van der Waals surface area (Å²) in [6.45, 7) is 3.69. The summed E-state index contributed by atoms with van der Waals surface area (Å²) in [5.74, 6) is 0.343. The van der Waals surface area contributed by atoms with Gasteiger partial charge in [-0.05, 0) is 13.8 Å². The Morgan fingerprint density at radius 2 is 2.22 bits per heavy atom. The maximum Gasteiger partial charge on any atom is 0.312 e. The SMILES string of the molecule is COC(=O)C(C)(C)CSc1ncnc2nc[nH]c12. The molecule has 0 fully saturated rings. The van der Waals surface area contributed by atoms with Crippen molar-refractivity contribution in [2.75, 3.05) is 12.9 Å². The minimum atomic E-state index is -0.559. The van der Waals surface area contributed by atoms with Gasteiger partial charge in [0.1, 0.15) is 16.9 Å². The third kappa shape index (κ3) is 2.45. The normalized spacial score (nSPS) is 11.7. The zero-order chi connectivity index (χ0) is 13.2. The number of carbonyl (C=O) groups is 1. The zero-order valence-electron chi connectivity index (χ0n) is 10.4. The maximum atomic E-state index is 11.6. The monoisotopic (exact) mass is 266 g/mol. The Balaban J connectivity index is 2.15. The van der Waals surface area contributed by atoms with E-state index in [0.29, 0.717) is 11.4 Å². The van der Waals surface area contributed by atoms with Gasteiger partial charge in [0.2, 0.25) is 0 Å². The fraction of sp³-hybridized carbons (Fsp3) is 0.455. The van der Waals surface area contributed by atoms with Gasteiger partial charge >= 0.3 is 5.97 Å². The Kier molecular flexibility index (Phi) is 3.51. The average Bonchev–Trinajstić information content (AvgIpc) is 2.84. The van der Waals surface area contributed by atoms with Crippen molar-refractivity contribution in [2.24, 2.45) is 5.41 Å². The van der Waals surface area contributed by atoms with E-state index in [4.69, 9.17) is 4.74 Å². The molecule has 0 bridgehead atoms. The fourth-order valence-electron chi connectivity index (χ4n) is 1.44. The van der Waals surface area contributed by atoms with Gasteiger partial charge in [0, 0.05) is 5.75 Å². The smallest absolute Gasteiger partial charge is 0.312 e. The van der Waals surface area contributed by atoms with Crippen LogP contribution in [0.25, 0.3) is 11.2 Å². The summed E-state index contributed by atoms with van der Waals surface area (Å²) in [4.78, 5) is 26.9. The molecule has 0 amide bonds. The van der Waals surface area contributed by atoms with E-state index in [1.165, 1.54) is 25.2 Å². The van der Waals surface area contributed by atoms with E-state index >= 15 is 0 Å². The third-order valence-corrected chi connectivity index (χ3v) is 3.94. The van der Waals surface area contributed by atoms with Crippen molar-refractivity contribution in [1.82, 2.24) is 19.9 Å². The van der Waals surface area contributed by atoms with Crippen LogP contribution in [-0.4, -0.2) is 38.8 Å². The van der Waals surface area contributed by atoms with Gasteiger partial charge in [0.25, 0.3) is 0 Å². The lowest BCUT2D eigenvalue weighted by molar-refractivity contribution is -0.149. The summed E-state index contributed by atoms with van der Waals surface area (Å²) in [7, 11) is 1.40. The molecule has 96 valence electrons. The molecule has 0 aliphatic heterocycles. The molecule has 0 saturated heterocycles. The molecule has 2 aromatic rings. The number of nitrogens with zero attached hydrogens (tertiary/aromatic N) is 3. The van der Waals surface area contributed by atoms with Gasteiger partial charge in [-0.15, -0.1) is 11.8 Å². The summed E-state index contributed by atoms with van der Waals surface area (Å²) in [5, 5.41) is 0.787. The Morgan fingerprint density at radius 3 is 2.94 bits per heavy atom. The third-order valence-electron chi connectivity index (χ3n) is 2.50. The Morgan fingerprint density at radius 1 is 1.44 bits per heavy atom. The van der Waals surface area contributed by atoms with Gasteiger partial charge in [0.15, 0.2) is 5.65 Å². The van der Waals surface area contributed by atoms with Crippen molar-refractivity contribution in [1.29, 1.82) is 0 Å². The molecule has 0 saturated carbocycles. The van der Waals surface area contributed by atoms with Crippen molar-refractivity contribution in [2.45, 2.75) is 18.9 Å². The summed E-state index contributed by atoms with van der Waals surface area (Å²) in [6.07, 6.45) is 3.05. The molecule has 0 atom stereocenters. The van der Waals surface area contributed by atoms with Crippen LogP contribution in [0.4, 0.5) is 0 Å². The van der Waals surface area contributed by atoms with Crippen molar-refractivity contribution >= 4 is 28.9 Å². The second-order valence-electron chi connectivity index (χ2n) is 4.44. The number of esters is 1. The minimum Gasteiger partial charge on any atom is -0.469 e. The first-order valence-corrected chi connectivity index (χ1v) is 6.38. The number of hydrogen-bond acceptors (Lipinski definition) is 6. The van der Waals surface area contributed by atoms with Crippen LogP contribution < -0.4 is 0 Å². The molecule has 0 unspecified atom stereocenters. The number of hydrogen-bond donors (Lipinski definition) is 1. The van der Waals surface area contributed by atoms with E-state index in [2.05, 4.69) is 19.9 Å². The summed E-state index contributed by atoms with van der Waals surface area (Å²) < 4.78 is 4.77. The lowest BCUT2D eigenvalue weighted by Crippen LogP contribution is -2.28. The second-order valence-corrected chi connectivity index (χ2v) is 5.41. The number of imidazole rings is 1. The van der Waals surface area contributed by atoms with E-state index < -0.39 is 5.41 Å². The first kappa shape index (κ1) is 12.8. The van der Waals surface area contributed by atoms with Crippen LogP contribution in [0.1, 0.15) is 13.8 Å². The predicted octanol–water partition coefficient (Wildman–Crippen LogP) is 1.64. The van der Waals surface area contributed by atoms with Crippen molar-refractivity contribution in [3.8, 4) is 0 Å². The largest absolute Gasteiger partial charge is 0.469 e. The maximum absolute atomic E-state index is 11.6. The lowest BCUT2D eigenvalue weighted by Gasteiger charge is -2.20. The van der Waals surface area contributed by atoms with E-state index in [1.807, 2.05) is 13.8 Å².